The van der Waals surface area contributed by atoms with Gasteiger partial charge in [-0.2, -0.15) is 0 Å². The predicted molar refractivity (Wildman–Crippen MR) is 120 cm³/mol. The summed E-state index contributed by atoms with van der Waals surface area (Å²) in [5.41, 5.74) is 1.63. The molecule has 0 spiro atoms. The van der Waals surface area contributed by atoms with E-state index < -0.39 is 0 Å². The van der Waals surface area contributed by atoms with Crippen LogP contribution in [0.15, 0.2) is 76.2 Å². The Labute approximate surface area is 183 Å². The van der Waals surface area contributed by atoms with Crippen molar-refractivity contribution in [3.8, 4) is 0 Å². The third-order valence-corrected chi connectivity index (χ3v) is 6.62. The molecule has 0 aliphatic carbocycles. The number of hydrogen-bond acceptors (Lipinski definition) is 5. The number of carbonyl (C=O) groups excluding carboxylic acids is 1. The largest absolute Gasteiger partial charge is 0.281 e. The number of benzene rings is 2. The number of rotatable bonds is 6. The van der Waals surface area contributed by atoms with Gasteiger partial charge in [0.05, 0.1) is 28.2 Å². The third kappa shape index (κ3) is 5.01. The van der Waals surface area contributed by atoms with Crippen LogP contribution in [0.2, 0.25) is 0 Å². The number of halogens is 2. The van der Waals surface area contributed by atoms with Gasteiger partial charge in [0.1, 0.15) is 5.82 Å². The molecule has 2 heterocycles. The highest BCUT2D eigenvalue weighted by molar-refractivity contribution is 9.10. The maximum Gasteiger partial charge on any atom is 0.239 e. The van der Waals surface area contributed by atoms with Crippen LogP contribution >= 0.6 is 39.0 Å². The Morgan fingerprint density at radius 1 is 1.14 bits per heavy atom. The number of nitrogens with zero attached hydrogens (tertiary/aromatic N) is 3. The maximum absolute atomic E-state index is 13.1. The van der Waals surface area contributed by atoms with Gasteiger partial charge in [0.25, 0.3) is 0 Å². The van der Waals surface area contributed by atoms with Crippen LogP contribution in [-0.4, -0.2) is 21.6 Å². The van der Waals surface area contributed by atoms with E-state index in [0.717, 1.165) is 25.3 Å². The molecule has 0 bridgehead atoms. The smallest absolute Gasteiger partial charge is 0.239 e. The summed E-state index contributed by atoms with van der Waals surface area (Å²) in [6, 6.07) is 17.6. The topological polar surface area (TPSA) is 46.1 Å². The van der Waals surface area contributed by atoms with Crippen molar-refractivity contribution in [2.45, 2.75) is 11.4 Å². The Hall–Kier alpha value is -2.29. The molecule has 0 unspecified atom stereocenters. The number of aromatic nitrogens is 2. The number of fused-ring (bicyclic) bond motifs is 1. The SMILES string of the molecule is O=C(CSc1ccc(F)cc1)N(Cc1ccccn1)c1nc2ccc(Br)cc2s1. The first-order valence-corrected chi connectivity index (χ1v) is 11.3. The molecule has 4 rings (SSSR count). The van der Waals surface area contributed by atoms with Gasteiger partial charge in [0, 0.05) is 15.6 Å². The van der Waals surface area contributed by atoms with E-state index in [-0.39, 0.29) is 17.5 Å². The van der Waals surface area contributed by atoms with E-state index in [9.17, 15) is 9.18 Å². The molecule has 0 aliphatic heterocycles. The lowest BCUT2D eigenvalue weighted by Crippen LogP contribution is -2.32. The molecular weight excluding hydrogens is 473 g/mol. The zero-order chi connectivity index (χ0) is 20.2. The highest BCUT2D eigenvalue weighted by Gasteiger charge is 2.21. The Bertz CT molecular complexity index is 1140. The lowest BCUT2D eigenvalue weighted by atomic mass is 10.3. The van der Waals surface area contributed by atoms with Crippen LogP contribution in [0.4, 0.5) is 9.52 Å². The van der Waals surface area contributed by atoms with Crippen molar-refractivity contribution in [3.05, 3.63) is 82.8 Å². The molecule has 0 fully saturated rings. The van der Waals surface area contributed by atoms with Crippen LogP contribution in [-0.2, 0) is 11.3 Å². The molecule has 4 aromatic rings. The van der Waals surface area contributed by atoms with Crippen molar-refractivity contribution in [2.24, 2.45) is 0 Å². The molecule has 0 aliphatic rings. The molecule has 2 aromatic heterocycles. The van der Waals surface area contributed by atoms with Gasteiger partial charge >= 0.3 is 0 Å². The molecule has 0 saturated heterocycles. The van der Waals surface area contributed by atoms with Gasteiger partial charge in [-0.05, 0) is 54.6 Å². The monoisotopic (exact) mass is 487 g/mol. The van der Waals surface area contributed by atoms with Gasteiger partial charge in [-0.15, -0.1) is 11.8 Å². The molecular formula is C21H15BrFN3OS2. The Balaban J connectivity index is 1.59. The normalized spacial score (nSPS) is 11.0. The summed E-state index contributed by atoms with van der Waals surface area (Å²) in [5, 5.41) is 0.633. The highest BCUT2D eigenvalue weighted by Crippen LogP contribution is 2.32. The average Bonchev–Trinajstić information content (AvgIpc) is 3.15. The number of amides is 1. The number of hydrogen-bond donors (Lipinski definition) is 0. The molecule has 2 aromatic carbocycles. The maximum atomic E-state index is 13.1. The second-order valence-electron chi connectivity index (χ2n) is 6.15. The van der Waals surface area contributed by atoms with E-state index in [0.29, 0.717) is 11.7 Å². The predicted octanol–water partition coefficient (Wildman–Crippen LogP) is 5.92. The summed E-state index contributed by atoms with van der Waals surface area (Å²) in [6.45, 7) is 0.338. The quantitative estimate of drug-likeness (QED) is 0.316. The average molecular weight is 488 g/mol. The fourth-order valence-electron chi connectivity index (χ4n) is 2.67. The fraction of sp³-hybridized carbons (Fsp3) is 0.0952. The number of pyridine rings is 1. The van der Waals surface area contributed by atoms with Crippen LogP contribution in [0, 0.1) is 5.82 Å². The summed E-state index contributed by atoms with van der Waals surface area (Å²) in [7, 11) is 0. The number of carbonyl (C=O) groups is 1. The number of thioether (sulfide) groups is 1. The van der Waals surface area contributed by atoms with E-state index in [1.165, 1.54) is 35.2 Å². The van der Waals surface area contributed by atoms with E-state index in [2.05, 4.69) is 25.9 Å². The van der Waals surface area contributed by atoms with Crippen molar-refractivity contribution < 1.29 is 9.18 Å². The second kappa shape index (κ2) is 9.02. The molecule has 0 radical (unpaired) electrons. The molecule has 0 N–H and O–H groups in total. The van der Waals surface area contributed by atoms with Gasteiger partial charge in [0.2, 0.25) is 5.91 Å². The first-order valence-electron chi connectivity index (χ1n) is 8.73. The minimum Gasteiger partial charge on any atom is -0.281 e. The summed E-state index contributed by atoms with van der Waals surface area (Å²) in [5.74, 6) is -0.154. The van der Waals surface area contributed by atoms with Gasteiger partial charge in [-0.1, -0.05) is 33.3 Å². The molecule has 8 heteroatoms. The van der Waals surface area contributed by atoms with Crippen LogP contribution in [0.5, 0.6) is 0 Å². The molecule has 146 valence electrons. The Morgan fingerprint density at radius 2 is 1.97 bits per heavy atom. The number of anilines is 1. The lowest BCUT2D eigenvalue weighted by molar-refractivity contribution is -0.116. The van der Waals surface area contributed by atoms with Crippen LogP contribution in [0.25, 0.3) is 10.2 Å². The lowest BCUT2D eigenvalue weighted by Gasteiger charge is -2.19. The zero-order valence-corrected chi connectivity index (χ0v) is 18.3. The molecule has 1 amide bonds. The van der Waals surface area contributed by atoms with E-state index in [1.807, 2.05) is 36.4 Å². The van der Waals surface area contributed by atoms with Crippen molar-refractivity contribution in [2.75, 3.05) is 10.7 Å². The van der Waals surface area contributed by atoms with Gasteiger partial charge in [-0.25, -0.2) is 9.37 Å². The van der Waals surface area contributed by atoms with Gasteiger partial charge in [-0.3, -0.25) is 14.7 Å². The van der Waals surface area contributed by atoms with Gasteiger partial charge in [0.15, 0.2) is 5.13 Å². The Morgan fingerprint density at radius 3 is 2.72 bits per heavy atom. The first kappa shape index (κ1) is 20.0. The fourth-order valence-corrected chi connectivity index (χ4v) is 4.98. The Kier molecular flexibility index (Phi) is 6.22. The molecule has 4 nitrogen and oxygen atoms in total. The third-order valence-electron chi connectivity index (χ3n) is 4.09. The first-order chi connectivity index (χ1) is 14.1. The van der Waals surface area contributed by atoms with Gasteiger partial charge < -0.3 is 0 Å². The molecule has 0 atom stereocenters. The van der Waals surface area contributed by atoms with Crippen molar-refractivity contribution in [1.29, 1.82) is 0 Å². The van der Waals surface area contributed by atoms with E-state index >= 15 is 0 Å². The summed E-state index contributed by atoms with van der Waals surface area (Å²) >= 11 is 6.31. The summed E-state index contributed by atoms with van der Waals surface area (Å²) in [6.07, 6.45) is 1.71. The van der Waals surface area contributed by atoms with Crippen molar-refractivity contribution in [1.82, 2.24) is 9.97 Å². The van der Waals surface area contributed by atoms with Crippen LogP contribution < -0.4 is 4.90 Å². The summed E-state index contributed by atoms with van der Waals surface area (Å²) < 4.78 is 15.1. The second-order valence-corrected chi connectivity index (χ2v) is 9.13. The highest BCUT2D eigenvalue weighted by atomic mass is 79.9. The van der Waals surface area contributed by atoms with Crippen LogP contribution in [0.3, 0.4) is 0 Å². The van der Waals surface area contributed by atoms with Crippen LogP contribution in [0.1, 0.15) is 5.69 Å². The minimum absolute atomic E-state index is 0.0805. The zero-order valence-electron chi connectivity index (χ0n) is 15.1. The molecule has 0 saturated carbocycles. The van der Waals surface area contributed by atoms with Crippen molar-refractivity contribution >= 4 is 60.3 Å². The standard InChI is InChI=1S/C21H15BrFN3OS2/c22-14-4-9-18-19(11-14)29-21(25-18)26(12-16-3-1-2-10-24-16)20(27)13-28-17-7-5-15(23)6-8-17/h1-11H,12-13H2. The van der Waals surface area contributed by atoms with E-state index in [1.54, 1.807) is 23.2 Å². The molecule has 29 heavy (non-hydrogen) atoms. The van der Waals surface area contributed by atoms with E-state index in [4.69, 9.17) is 0 Å². The van der Waals surface area contributed by atoms with Crippen molar-refractivity contribution in [3.63, 3.8) is 0 Å². The number of thiazole rings is 1. The minimum atomic E-state index is -0.293. The summed E-state index contributed by atoms with van der Waals surface area (Å²) in [4.78, 5) is 24.6.